The van der Waals surface area contributed by atoms with E-state index in [2.05, 4.69) is 0 Å². The van der Waals surface area contributed by atoms with Crippen molar-refractivity contribution in [3.05, 3.63) is 52.6 Å². The molecule has 0 spiro atoms. The van der Waals surface area contributed by atoms with Gasteiger partial charge in [0, 0.05) is 11.1 Å². The van der Waals surface area contributed by atoms with Gasteiger partial charge in [-0.2, -0.15) is 0 Å². The van der Waals surface area contributed by atoms with Crippen LogP contribution in [0.15, 0.2) is 41.2 Å². The molecule has 1 aliphatic carbocycles. The lowest BCUT2D eigenvalue weighted by atomic mass is 9.92. The normalized spacial score (nSPS) is 21.2. The lowest BCUT2D eigenvalue weighted by Gasteiger charge is -2.10. The molecule has 1 aliphatic heterocycles. The predicted molar refractivity (Wildman–Crippen MR) is 66.0 cm³/mol. The second-order valence-corrected chi connectivity index (χ2v) is 4.61. The van der Waals surface area contributed by atoms with Crippen LogP contribution in [-0.2, 0) is 9.53 Å². The standard InChI is InChI=1S/C15H13FO2/c16-11-7-5-10(6-8-11)9-14-12-3-1-2-4-13(12)15(17)18-14/h5-9H,1-4H2/b14-9-. The van der Waals surface area contributed by atoms with E-state index in [0.29, 0.717) is 5.76 Å². The Kier molecular flexibility index (Phi) is 2.74. The molecule has 0 atom stereocenters. The van der Waals surface area contributed by atoms with Crippen LogP contribution in [0.25, 0.3) is 6.08 Å². The number of hydrogen-bond donors (Lipinski definition) is 0. The van der Waals surface area contributed by atoms with Crippen LogP contribution < -0.4 is 0 Å². The Morgan fingerprint density at radius 2 is 1.72 bits per heavy atom. The molecular weight excluding hydrogens is 231 g/mol. The van der Waals surface area contributed by atoms with Crippen LogP contribution in [-0.4, -0.2) is 5.97 Å². The first kappa shape index (κ1) is 11.2. The average Bonchev–Trinajstić information content (AvgIpc) is 2.70. The number of halogens is 1. The SMILES string of the molecule is O=C1O/C(=C\c2ccc(F)cc2)C2=C1CCCC2. The number of rotatable bonds is 1. The maximum atomic E-state index is 12.8. The number of carbonyl (C=O) groups is 1. The van der Waals surface area contributed by atoms with Gasteiger partial charge in [0.2, 0.25) is 0 Å². The van der Waals surface area contributed by atoms with Crippen molar-refractivity contribution in [1.29, 1.82) is 0 Å². The first-order chi connectivity index (χ1) is 8.74. The summed E-state index contributed by atoms with van der Waals surface area (Å²) in [5, 5.41) is 0. The molecule has 18 heavy (non-hydrogen) atoms. The number of hydrogen-bond acceptors (Lipinski definition) is 2. The summed E-state index contributed by atoms with van der Waals surface area (Å²) in [6.07, 6.45) is 5.67. The monoisotopic (exact) mass is 244 g/mol. The van der Waals surface area contributed by atoms with E-state index >= 15 is 0 Å². The molecule has 1 aromatic carbocycles. The van der Waals surface area contributed by atoms with E-state index in [4.69, 9.17) is 4.74 Å². The fourth-order valence-electron chi connectivity index (χ4n) is 2.45. The van der Waals surface area contributed by atoms with Crippen LogP contribution in [0.3, 0.4) is 0 Å². The second-order valence-electron chi connectivity index (χ2n) is 4.61. The minimum atomic E-state index is -0.266. The van der Waals surface area contributed by atoms with Crippen LogP contribution in [0.5, 0.6) is 0 Å². The number of ether oxygens (including phenoxy) is 1. The van der Waals surface area contributed by atoms with Gasteiger partial charge in [0.05, 0.1) is 0 Å². The molecule has 0 saturated carbocycles. The number of benzene rings is 1. The summed E-state index contributed by atoms with van der Waals surface area (Å²) in [4.78, 5) is 11.7. The van der Waals surface area contributed by atoms with Crippen LogP contribution in [0.1, 0.15) is 31.2 Å². The highest BCUT2D eigenvalue weighted by Gasteiger charge is 2.30. The topological polar surface area (TPSA) is 26.3 Å². The smallest absolute Gasteiger partial charge is 0.339 e. The van der Waals surface area contributed by atoms with E-state index in [9.17, 15) is 9.18 Å². The lowest BCUT2D eigenvalue weighted by molar-refractivity contribution is -0.133. The second kappa shape index (κ2) is 4.41. The quantitative estimate of drug-likeness (QED) is 0.705. The number of cyclic esters (lactones) is 1. The molecule has 0 fully saturated rings. The summed E-state index contributed by atoms with van der Waals surface area (Å²) in [7, 11) is 0. The van der Waals surface area contributed by atoms with E-state index in [-0.39, 0.29) is 11.8 Å². The average molecular weight is 244 g/mol. The Labute approximate surface area is 105 Å². The minimum absolute atomic E-state index is 0.210. The third-order valence-electron chi connectivity index (χ3n) is 3.38. The van der Waals surface area contributed by atoms with Gasteiger partial charge in [-0.05, 0) is 49.5 Å². The molecule has 2 aliphatic rings. The fraction of sp³-hybridized carbons (Fsp3) is 0.267. The molecule has 0 aromatic heterocycles. The number of esters is 1. The van der Waals surface area contributed by atoms with Gasteiger partial charge in [-0.3, -0.25) is 0 Å². The Morgan fingerprint density at radius 3 is 2.44 bits per heavy atom. The van der Waals surface area contributed by atoms with Gasteiger partial charge in [-0.25, -0.2) is 9.18 Å². The highest BCUT2D eigenvalue weighted by atomic mass is 19.1. The molecule has 0 radical (unpaired) electrons. The van der Waals surface area contributed by atoms with Gasteiger partial charge < -0.3 is 4.74 Å². The van der Waals surface area contributed by atoms with Gasteiger partial charge in [-0.1, -0.05) is 12.1 Å². The van der Waals surface area contributed by atoms with Crippen molar-refractivity contribution in [1.82, 2.24) is 0 Å². The number of allylic oxidation sites excluding steroid dienone is 1. The van der Waals surface area contributed by atoms with Crippen molar-refractivity contribution < 1.29 is 13.9 Å². The summed E-state index contributed by atoms with van der Waals surface area (Å²) in [5.41, 5.74) is 2.71. The number of carbonyl (C=O) groups excluding carboxylic acids is 1. The molecule has 0 saturated heterocycles. The van der Waals surface area contributed by atoms with Crippen molar-refractivity contribution in [2.45, 2.75) is 25.7 Å². The van der Waals surface area contributed by atoms with Crippen molar-refractivity contribution in [3.63, 3.8) is 0 Å². The van der Waals surface area contributed by atoms with Gasteiger partial charge in [0.1, 0.15) is 11.6 Å². The Bertz CT molecular complexity index is 552. The van der Waals surface area contributed by atoms with E-state index in [1.165, 1.54) is 12.1 Å². The zero-order valence-corrected chi connectivity index (χ0v) is 9.91. The summed E-state index contributed by atoms with van der Waals surface area (Å²) in [6.45, 7) is 0. The highest BCUT2D eigenvalue weighted by Crippen LogP contribution is 2.37. The molecule has 0 N–H and O–H groups in total. The molecule has 3 rings (SSSR count). The van der Waals surface area contributed by atoms with Gasteiger partial charge in [-0.15, -0.1) is 0 Å². The Balaban J connectivity index is 1.95. The fourth-order valence-corrected chi connectivity index (χ4v) is 2.45. The van der Waals surface area contributed by atoms with E-state index in [1.807, 2.05) is 6.08 Å². The van der Waals surface area contributed by atoms with E-state index in [1.54, 1.807) is 12.1 Å². The van der Waals surface area contributed by atoms with E-state index in [0.717, 1.165) is 42.4 Å². The zero-order valence-electron chi connectivity index (χ0n) is 9.91. The molecule has 3 heteroatoms. The zero-order chi connectivity index (χ0) is 12.5. The first-order valence-electron chi connectivity index (χ1n) is 6.16. The van der Waals surface area contributed by atoms with Gasteiger partial charge in [0.25, 0.3) is 0 Å². The van der Waals surface area contributed by atoms with Crippen molar-refractivity contribution in [2.24, 2.45) is 0 Å². The summed E-state index contributed by atoms with van der Waals surface area (Å²) in [5.74, 6) is 0.164. The van der Waals surface area contributed by atoms with E-state index < -0.39 is 0 Å². The van der Waals surface area contributed by atoms with Crippen LogP contribution >= 0.6 is 0 Å². The molecule has 1 aromatic rings. The van der Waals surface area contributed by atoms with Crippen molar-refractivity contribution in [2.75, 3.05) is 0 Å². The van der Waals surface area contributed by atoms with Gasteiger partial charge in [0.15, 0.2) is 0 Å². The molecule has 0 amide bonds. The van der Waals surface area contributed by atoms with Crippen LogP contribution in [0.4, 0.5) is 4.39 Å². The summed E-state index contributed by atoms with van der Waals surface area (Å²) in [6, 6.07) is 6.16. The molecule has 1 heterocycles. The minimum Gasteiger partial charge on any atom is -0.423 e. The molecule has 2 nitrogen and oxygen atoms in total. The molecule has 0 unspecified atom stereocenters. The van der Waals surface area contributed by atoms with Crippen molar-refractivity contribution in [3.8, 4) is 0 Å². The largest absolute Gasteiger partial charge is 0.423 e. The molecule has 0 bridgehead atoms. The van der Waals surface area contributed by atoms with Crippen LogP contribution in [0.2, 0.25) is 0 Å². The Hall–Kier alpha value is -1.90. The maximum absolute atomic E-state index is 12.8. The lowest BCUT2D eigenvalue weighted by Crippen LogP contribution is -2.01. The van der Waals surface area contributed by atoms with Crippen molar-refractivity contribution >= 4 is 12.0 Å². The third kappa shape index (κ3) is 1.96. The first-order valence-corrected chi connectivity index (χ1v) is 6.16. The molecular formula is C15H13FO2. The summed E-state index contributed by atoms with van der Waals surface area (Å²) < 4.78 is 18.1. The summed E-state index contributed by atoms with van der Waals surface area (Å²) >= 11 is 0. The highest BCUT2D eigenvalue weighted by molar-refractivity contribution is 5.95. The maximum Gasteiger partial charge on any atom is 0.339 e. The molecule has 92 valence electrons. The van der Waals surface area contributed by atoms with Crippen LogP contribution in [0, 0.1) is 5.82 Å². The third-order valence-corrected chi connectivity index (χ3v) is 3.38. The predicted octanol–water partition coefficient (Wildman–Crippen LogP) is 3.59. The van der Waals surface area contributed by atoms with Gasteiger partial charge >= 0.3 is 5.97 Å². The Morgan fingerprint density at radius 1 is 1.06 bits per heavy atom.